The van der Waals surface area contributed by atoms with Crippen molar-refractivity contribution in [3.63, 3.8) is 0 Å². The first-order valence-corrected chi connectivity index (χ1v) is 13.1. The fraction of sp³-hybridized carbons (Fsp3) is 0.500. The zero-order chi connectivity index (χ0) is 26.2. The average molecular weight is 520 g/mol. The van der Waals surface area contributed by atoms with E-state index in [0.717, 1.165) is 37.2 Å². The topological polar surface area (TPSA) is 43.9 Å². The minimum Gasteiger partial charge on any atom is -0.338 e. The molecule has 8 heteroatoms. The average Bonchev–Trinajstić information content (AvgIpc) is 2.85. The van der Waals surface area contributed by atoms with Gasteiger partial charge in [-0.3, -0.25) is 9.59 Å². The maximum atomic E-state index is 14.4. The zero-order valence-electron chi connectivity index (χ0n) is 21.4. The number of anilines is 1. The van der Waals surface area contributed by atoms with Crippen LogP contribution in [0.4, 0.5) is 14.5 Å². The van der Waals surface area contributed by atoms with Crippen molar-refractivity contribution in [1.82, 2.24) is 9.80 Å². The molecule has 1 heterocycles. The first-order valence-electron chi connectivity index (χ1n) is 12.7. The Labute approximate surface area is 218 Å². The Balaban J connectivity index is 1.92. The summed E-state index contributed by atoms with van der Waals surface area (Å²) >= 11 is 5.97. The largest absolute Gasteiger partial charge is 0.338 e. The summed E-state index contributed by atoms with van der Waals surface area (Å²) in [5.74, 6) is -2.21. The molecule has 5 nitrogen and oxygen atoms in total. The molecule has 0 N–H and O–H groups in total. The van der Waals surface area contributed by atoms with Gasteiger partial charge in [-0.15, -0.1) is 0 Å². The molecule has 0 aromatic heterocycles. The number of hydrogen-bond donors (Lipinski definition) is 0. The maximum absolute atomic E-state index is 14.4. The summed E-state index contributed by atoms with van der Waals surface area (Å²) in [5, 5.41) is 0.639. The van der Waals surface area contributed by atoms with Gasteiger partial charge in [0.2, 0.25) is 11.8 Å². The van der Waals surface area contributed by atoms with Crippen LogP contribution in [-0.4, -0.2) is 53.8 Å². The molecule has 2 aromatic rings. The lowest BCUT2D eigenvalue weighted by Gasteiger charge is -2.33. The molecule has 1 aliphatic rings. The number of fused-ring (bicyclic) bond motifs is 1. The third-order valence-electron chi connectivity index (χ3n) is 6.70. The smallest absolute Gasteiger partial charge is 0.226 e. The fourth-order valence-corrected chi connectivity index (χ4v) is 4.73. The van der Waals surface area contributed by atoms with Crippen molar-refractivity contribution < 1.29 is 18.4 Å². The van der Waals surface area contributed by atoms with Gasteiger partial charge in [-0.05, 0) is 62.4 Å². The Morgan fingerprint density at radius 2 is 1.58 bits per heavy atom. The highest BCUT2D eigenvalue weighted by Crippen LogP contribution is 2.28. The van der Waals surface area contributed by atoms with E-state index in [-0.39, 0.29) is 31.2 Å². The molecular formula is C28H36ClF2N3O2. The summed E-state index contributed by atoms with van der Waals surface area (Å²) in [4.78, 5) is 31.8. The van der Waals surface area contributed by atoms with E-state index in [2.05, 4.69) is 18.7 Å². The number of hydrogen-bond acceptors (Lipinski definition) is 3. The minimum absolute atomic E-state index is 0.0674. The molecule has 0 bridgehead atoms. The van der Waals surface area contributed by atoms with Crippen LogP contribution < -0.4 is 4.90 Å². The van der Waals surface area contributed by atoms with Gasteiger partial charge in [-0.1, -0.05) is 30.7 Å². The van der Waals surface area contributed by atoms with Crippen molar-refractivity contribution in [1.29, 1.82) is 0 Å². The lowest BCUT2D eigenvalue weighted by atomic mass is 10.1. The summed E-state index contributed by atoms with van der Waals surface area (Å²) in [6, 6.07) is 9.93. The van der Waals surface area contributed by atoms with Crippen molar-refractivity contribution in [3.8, 4) is 0 Å². The zero-order valence-corrected chi connectivity index (χ0v) is 22.2. The van der Waals surface area contributed by atoms with Crippen molar-refractivity contribution in [2.45, 2.75) is 65.5 Å². The summed E-state index contributed by atoms with van der Waals surface area (Å²) in [6.07, 6.45) is 2.56. The molecule has 0 saturated heterocycles. The number of carbonyl (C=O) groups is 2. The minimum atomic E-state index is -1.00. The molecule has 0 saturated carbocycles. The Kier molecular flexibility index (Phi) is 10.3. The van der Waals surface area contributed by atoms with Crippen molar-refractivity contribution in [2.75, 3.05) is 31.1 Å². The molecule has 2 amide bonds. The number of amides is 2. The van der Waals surface area contributed by atoms with Crippen LogP contribution in [0.25, 0.3) is 0 Å². The van der Waals surface area contributed by atoms with Gasteiger partial charge in [0, 0.05) is 62.7 Å². The standard InChI is InChI=1S/C28H36ClF2N3O2/c1-4-27(35)34-16-6-14-32(20(2)3)13-5-15-33(19-22-17-24(30)25(31)18-26(22)34)28(36)12-9-21-7-10-23(29)11-8-21/h7-8,10-11,17-18,20H,4-6,9,12-16,19H2,1-3H3. The normalized spacial score (nSPS) is 15.9. The summed E-state index contributed by atoms with van der Waals surface area (Å²) in [5.41, 5.74) is 1.78. The highest BCUT2D eigenvalue weighted by molar-refractivity contribution is 6.30. The van der Waals surface area contributed by atoms with Gasteiger partial charge < -0.3 is 14.7 Å². The van der Waals surface area contributed by atoms with E-state index < -0.39 is 11.6 Å². The monoisotopic (exact) mass is 519 g/mol. The quantitative estimate of drug-likeness (QED) is 0.499. The Morgan fingerprint density at radius 1 is 0.944 bits per heavy atom. The fourth-order valence-electron chi connectivity index (χ4n) is 4.61. The molecule has 36 heavy (non-hydrogen) atoms. The van der Waals surface area contributed by atoms with Crippen LogP contribution in [0.3, 0.4) is 0 Å². The Morgan fingerprint density at radius 3 is 2.22 bits per heavy atom. The number of aryl methyl sites for hydroxylation is 1. The van der Waals surface area contributed by atoms with E-state index in [1.807, 2.05) is 12.1 Å². The van der Waals surface area contributed by atoms with Gasteiger partial charge in [-0.25, -0.2) is 8.78 Å². The molecule has 0 fully saturated rings. The molecule has 2 aromatic carbocycles. The van der Waals surface area contributed by atoms with Gasteiger partial charge in [0.05, 0.1) is 5.69 Å². The van der Waals surface area contributed by atoms with Crippen LogP contribution >= 0.6 is 11.6 Å². The van der Waals surface area contributed by atoms with Crippen LogP contribution in [-0.2, 0) is 22.6 Å². The number of benzene rings is 2. The van der Waals surface area contributed by atoms with E-state index in [9.17, 15) is 18.4 Å². The van der Waals surface area contributed by atoms with Gasteiger partial charge >= 0.3 is 0 Å². The second-order valence-electron chi connectivity index (χ2n) is 9.57. The van der Waals surface area contributed by atoms with Crippen molar-refractivity contribution in [3.05, 3.63) is 64.2 Å². The van der Waals surface area contributed by atoms with Gasteiger partial charge in [0.15, 0.2) is 11.6 Å². The Hall–Kier alpha value is -2.51. The van der Waals surface area contributed by atoms with Crippen LogP contribution in [0.15, 0.2) is 36.4 Å². The molecule has 0 aliphatic carbocycles. The molecule has 0 radical (unpaired) electrons. The lowest BCUT2D eigenvalue weighted by Crippen LogP contribution is -2.40. The Bertz CT molecular complexity index is 1050. The molecular weight excluding hydrogens is 484 g/mol. The second kappa shape index (κ2) is 13.2. The van der Waals surface area contributed by atoms with Crippen LogP contribution in [0.2, 0.25) is 5.02 Å². The first kappa shape index (κ1) is 28.1. The van der Waals surface area contributed by atoms with E-state index >= 15 is 0 Å². The SMILES string of the molecule is CCC(=O)N1CCCN(C(C)C)CCCN(C(=O)CCc2ccc(Cl)cc2)Cc2cc(F)c(F)cc21. The van der Waals surface area contributed by atoms with Gasteiger partial charge in [0.25, 0.3) is 0 Å². The van der Waals surface area contributed by atoms with Crippen LogP contribution in [0, 0.1) is 11.6 Å². The van der Waals surface area contributed by atoms with E-state index in [1.54, 1.807) is 28.9 Å². The van der Waals surface area contributed by atoms with E-state index in [4.69, 9.17) is 11.6 Å². The van der Waals surface area contributed by atoms with E-state index in [0.29, 0.717) is 48.2 Å². The number of halogens is 3. The third kappa shape index (κ3) is 7.50. The molecule has 196 valence electrons. The molecule has 0 spiro atoms. The van der Waals surface area contributed by atoms with Crippen molar-refractivity contribution in [2.24, 2.45) is 0 Å². The van der Waals surface area contributed by atoms with Crippen LogP contribution in [0.5, 0.6) is 0 Å². The highest BCUT2D eigenvalue weighted by atomic mass is 35.5. The molecule has 3 rings (SSSR count). The number of carbonyl (C=O) groups excluding carboxylic acids is 2. The summed E-state index contributed by atoms with van der Waals surface area (Å²) in [6.45, 7) is 8.60. The summed E-state index contributed by atoms with van der Waals surface area (Å²) in [7, 11) is 0. The highest BCUT2D eigenvalue weighted by Gasteiger charge is 2.24. The second-order valence-corrected chi connectivity index (χ2v) is 10.0. The van der Waals surface area contributed by atoms with Gasteiger partial charge in [0.1, 0.15) is 0 Å². The molecule has 0 atom stereocenters. The number of nitrogens with zero attached hydrogens (tertiary/aromatic N) is 3. The maximum Gasteiger partial charge on any atom is 0.226 e. The van der Waals surface area contributed by atoms with E-state index in [1.165, 1.54) is 0 Å². The predicted molar refractivity (Wildman–Crippen MR) is 140 cm³/mol. The third-order valence-corrected chi connectivity index (χ3v) is 6.95. The molecule has 0 unspecified atom stereocenters. The van der Waals surface area contributed by atoms with Crippen molar-refractivity contribution >= 4 is 29.1 Å². The molecule has 1 aliphatic heterocycles. The lowest BCUT2D eigenvalue weighted by molar-refractivity contribution is -0.131. The summed E-state index contributed by atoms with van der Waals surface area (Å²) < 4.78 is 28.7. The number of rotatable bonds is 5. The van der Waals surface area contributed by atoms with Gasteiger partial charge in [-0.2, -0.15) is 0 Å². The first-order chi connectivity index (χ1) is 17.2. The predicted octanol–water partition coefficient (Wildman–Crippen LogP) is 5.83. The van der Waals surface area contributed by atoms with Crippen LogP contribution in [0.1, 0.15) is 57.6 Å².